The number of nitrogens with two attached hydrogens (primary N) is 1. The van der Waals surface area contributed by atoms with Gasteiger partial charge >= 0.3 is 0 Å². The molecule has 23 heavy (non-hydrogen) atoms. The van der Waals surface area contributed by atoms with E-state index >= 15 is 0 Å². The summed E-state index contributed by atoms with van der Waals surface area (Å²) in [6, 6.07) is 1.22. The van der Waals surface area contributed by atoms with Gasteiger partial charge in [0, 0.05) is 11.8 Å². The monoisotopic (exact) mass is 339 g/mol. The number of methoxy groups -OCH3 is 1. The minimum Gasteiger partial charge on any atom is -0.488 e. The maximum atomic E-state index is 13.2. The van der Waals surface area contributed by atoms with Crippen molar-refractivity contribution in [3.63, 3.8) is 0 Å². The van der Waals surface area contributed by atoms with Crippen LogP contribution in [0.15, 0.2) is 11.4 Å². The van der Waals surface area contributed by atoms with E-state index in [0.717, 1.165) is 0 Å². The second-order valence-electron chi connectivity index (χ2n) is 5.08. The molecule has 1 aliphatic heterocycles. The number of fused-ring (bicyclic) bond motifs is 1. The molecule has 2 atom stereocenters. The summed E-state index contributed by atoms with van der Waals surface area (Å²) in [7, 11) is 1.39. The van der Waals surface area contributed by atoms with Gasteiger partial charge in [-0.15, -0.1) is 11.3 Å². The molecule has 0 spiro atoms. The summed E-state index contributed by atoms with van der Waals surface area (Å²) >= 11 is 1.34. The third-order valence-electron chi connectivity index (χ3n) is 3.50. The molecule has 0 saturated carbocycles. The Morgan fingerprint density at radius 2 is 2.39 bits per heavy atom. The number of nitrogens with zero attached hydrogens (tertiary/aromatic N) is 1. The van der Waals surface area contributed by atoms with Crippen molar-refractivity contribution in [3.05, 3.63) is 17.0 Å². The average Bonchev–Trinajstić information content (AvgIpc) is 3.06. The highest BCUT2D eigenvalue weighted by molar-refractivity contribution is 7.17. The van der Waals surface area contributed by atoms with Crippen LogP contribution in [-0.4, -0.2) is 42.7 Å². The smallest absolute Gasteiger partial charge is 0.254 e. The Labute approximate surface area is 134 Å². The summed E-state index contributed by atoms with van der Waals surface area (Å²) in [5.41, 5.74) is 6.01. The first-order chi connectivity index (χ1) is 11.0. The van der Waals surface area contributed by atoms with Crippen LogP contribution in [0.2, 0.25) is 0 Å². The first-order valence-electron chi connectivity index (χ1n) is 6.83. The maximum absolute atomic E-state index is 13.2. The third-order valence-corrected chi connectivity index (χ3v) is 4.40. The van der Waals surface area contributed by atoms with Gasteiger partial charge in [-0.3, -0.25) is 9.59 Å². The van der Waals surface area contributed by atoms with Crippen LogP contribution < -0.4 is 20.5 Å². The van der Waals surface area contributed by atoms with E-state index in [-0.39, 0.29) is 30.5 Å². The Morgan fingerprint density at radius 1 is 1.61 bits per heavy atom. The second kappa shape index (κ2) is 5.99. The molecule has 9 heteroatoms. The molecular formula is C14H14FN3O4S. The Morgan fingerprint density at radius 3 is 3.00 bits per heavy atom. The molecule has 0 aromatic carbocycles. The van der Waals surface area contributed by atoms with Crippen molar-refractivity contribution >= 4 is 33.4 Å². The highest BCUT2D eigenvalue weighted by Crippen LogP contribution is 2.34. The Kier molecular flexibility index (Phi) is 4.03. The molecule has 2 amide bonds. The minimum atomic E-state index is -1.49. The molecule has 2 aromatic heterocycles. The van der Waals surface area contributed by atoms with Gasteiger partial charge in [-0.1, -0.05) is 0 Å². The first-order valence-corrected chi connectivity index (χ1v) is 7.71. The number of hydrogen-bond donors (Lipinski definition) is 2. The number of carbonyl (C=O) groups excluding carboxylic acids is 2. The van der Waals surface area contributed by atoms with Gasteiger partial charge in [0.15, 0.2) is 11.9 Å². The normalized spacial score (nSPS) is 20.5. The Hall–Kier alpha value is -2.42. The fraction of sp³-hybridized carbons (Fsp3) is 0.357. The number of carbonyl (C=O) groups is 2. The van der Waals surface area contributed by atoms with Crippen LogP contribution in [0.4, 0.5) is 4.39 Å². The predicted molar refractivity (Wildman–Crippen MR) is 81.6 cm³/mol. The summed E-state index contributed by atoms with van der Waals surface area (Å²) < 4.78 is 24.6. The van der Waals surface area contributed by atoms with Crippen LogP contribution in [-0.2, 0) is 4.79 Å². The number of rotatable bonds is 5. The molecule has 0 aliphatic carbocycles. The summed E-state index contributed by atoms with van der Waals surface area (Å²) in [5.74, 6) is -0.642. The molecule has 0 unspecified atom stereocenters. The number of hydrogen-bond acceptors (Lipinski definition) is 6. The zero-order chi connectivity index (χ0) is 16.6. The highest BCUT2D eigenvalue weighted by atomic mass is 32.1. The van der Waals surface area contributed by atoms with Gasteiger partial charge in [0.1, 0.15) is 17.7 Å². The third kappa shape index (κ3) is 2.91. The van der Waals surface area contributed by atoms with Crippen LogP contribution in [0.3, 0.4) is 0 Å². The van der Waals surface area contributed by atoms with E-state index in [1.54, 1.807) is 11.4 Å². The van der Waals surface area contributed by atoms with E-state index in [2.05, 4.69) is 10.3 Å². The molecular weight excluding hydrogens is 325 g/mol. The molecule has 122 valence electrons. The van der Waals surface area contributed by atoms with Gasteiger partial charge in [-0.05, 0) is 6.07 Å². The number of halogens is 1. The van der Waals surface area contributed by atoms with Crippen LogP contribution in [0.5, 0.6) is 11.6 Å². The van der Waals surface area contributed by atoms with Crippen LogP contribution in [0.1, 0.15) is 16.8 Å². The van der Waals surface area contributed by atoms with Crippen molar-refractivity contribution < 1.29 is 23.5 Å². The van der Waals surface area contributed by atoms with Crippen LogP contribution in [0.25, 0.3) is 10.2 Å². The number of amides is 2. The number of thiophene rings is 1. The van der Waals surface area contributed by atoms with E-state index < -0.39 is 18.0 Å². The summed E-state index contributed by atoms with van der Waals surface area (Å²) in [4.78, 5) is 26.8. The first kappa shape index (κ1) is 15.5. The van der Waals surface area contributed by atoms with E-state index in [0.29, 0.717) is 16.0 Å². The van der Waals surface area contributed by atoms with E-state index in [9.17, 15) is 14.0 Å². The van der Waals surface area contributed by atoms with E-state index in [1.807, 2.05) is 0 Å². The Balaban J connectivity index is 1.82. The van der Waals surface area contributed by atoms with Gasteiger partial charge in [-0.25, -0.2) is 9.37 Å². The Bertz CT molecular complexity index is 779. The standard InChI is InChI=1S/C14H14FN3O4S/c1-21-14-7(12(16)19)3-10-11(18-14)9(5-23-10)22-4-6-2-8(15)13(20)17-6/h3,5-6,8H,2,4H2,1H3,(H2,16,19)(H,17,20)/t6-,8+/m0/s1. The van der Waals surface area contributed by atoms with Gasteiger partial charge < -0.3 is 20.5 Å². The highest BCUT2D eigenvalue weighted by Gasteiger charge is 2.32. The minimum absolute atomic E-state index is 0.0868. The topological polar surface area (TPSA) is 104 Å². The molecule has 3 N–H and O–H groups in total. The van der Waals surface area contributed by atoms with Crippen molar-refractivity contribution in [2.45, 2.75) is 18.6 Å². The van der Waals surface area contributed by atoms with E-state index in [4.69, 9.17) is 15.2 Å². The van der Waals surface area contributed by atoms with Gasteiger partial charge in [0.25, 0.3) is 11.8 Å². The maximum Gasteiger partial charge on any atom is 0.254 e. The largest absolute Gasteiger partial charge is 0.488 e. The molecule has 7 nitrogen and oxygen atoms in total. The van der Waals surface area contributed by atoms with E-state index in [1.165, 1.54) is 18.4 Å². The van der Waals surface area contributed by atoms with Crippen molar-refractivity contribution in [2.75, 3.05) is 13.7 Å². The van der Waals surface area contributed by atoms with Crippen molar-refractivity contribution in [1.82, 2.24) is 10.3 Å². The number of primary amides is 1. The number of nitrogens with one attached hydrogen (secondary N) is 1. The van der Waals surface area contributed by atoms with Crippen LogP contribution >= 0.6 is 11.3 Å². The molecule has 0 bridgehead atoms. The second-order valence-corrected chi connectivity index (χ2v) is 5.99. The molecule has 1 aliphatic rings. The van der Waals surface area contributed by atoms with Crippen LogP contribution in [0, 0.1) is 0 Å². The number of ether oxygens (including phenoxy) is 2. The molecule has 1 saturated heterocycles. The van der Waals surface area contributed by atoms with Gasteiger partial charge in [-0.2, -0.15) is 0 Å². The lowest BCUT2D eigenvalue weighted by Gasteiger charge is -2.11. The lowest BCUT2D eigenvalue weighted by atomic mass is 10.2. The van der Waals surface area contributed by atoms with Gasteiger partial charge in [0.05, 0.1) is 17.9 Å². The summed E-state index contributed by atoms with van der Waals surface area (Å²) in [5, 5.41) is 4.25. The lowest BCUT2D eigenvalue weighted by molar-refractivity contribution is -0.123. The molecule has 3 rings (SSSR count). The molecule has 0 radical (unpaired) electrons. The van der Waals surface area contributed by atoms with Crippen molar-refractivity contribution in [2.24, 2.45) is 5.73 Å². The SMILES string of the molecule is COc1nc2c(OC[C@@H]3C[C@@H](F)C(=O)N3)csc2cc1C(N)=O. The van der Waals surface area contributed by atoms with Gasteiger partial charge in [0.2, 0.25) is 5.88 Å². The van der Waals surface area contributed by atoms with Crippen molar-refractivity contribution in [1.29, 1.82) is 0 Å². The zero-order valence-corrected chi connectivity index (χ0v) is 13.0. The fourth-order valence-electron chi connectivity index (χ4n) is 2.36. The molecule has 1 fully saturated rings. The summed E-state index contributed by atoms with van der Waals surface area (Å²) in [6.07, 6.45) is -1.40. The summed E-state index contributed by atoms with van der Waals surface area (Å²) in [6.45, 7) is 0.138. The zero-order valence-electron chi connectivity index (χ0n) is 12.2. The average molecular weight is 339 g/mol. The fourth-order valence-corrected chi connectivity index (χ4v) is 3.22. The quantitative estimate of drug-likeness (QED) is 0.846. The molecule has 3 heterocycles. The van der Waals surface area contributed by atoms with Crippen molar-refractivity contribution in [3.8, 4) is 11.6 Å². The number of pyridine rings is 1. The molecule has 2 aromatic rings. The number of aromatic nitrogens is 1. The number of alkyl halides is 1. The lowest BCUT2D eigenvalue weighted by Crippen LogP contribution is -2.31. The predicted octanol–water partition coefficient (Wildman–Crippen LogP) is 1.01.